The second-order valence-electron chi connectivity index (χ2n) is 5.76. The maximum atomic E-state index is 12.3. The maximum absolute atomic E-state index is 12.3. The van der Waals surface area contributed by atoms with E-state index < -0.39 is 12.0 Å². The van der Waals surface area contributed by atoms with Crippen LogP contribution in [0.3, 0.4) is 0 Å². The molecule has 0 spiro atoms. The molecule has 1 aromatic carbocycles. The van der Waals surface area contributed by atoms with Crippen molar-refractivity contribution < 1.29 is 14.4 Å². The Kier molecular flexibility index (Phi) is 3.22. The van der Waals surface area contributed by atoms with Crippen LogP contribution in [0, 0.1) is 5.92 Å². The summed E-state index contributed by atoms with van der Waals surface area (Å²) in [5.74, 6) is -0.891. The summed E-state index contributed by atoms with van der Waals surface area (Å²) in [5, 5.41) is 1.63. The zero-order valence-corrected chi connectivity index (χ0v) is 12.6. The molecule has 0 N–H and O–H groups in total. The number of likely N-dealkylation sites (tertiary alicyclic amines) is 1. The van der Waals surface area contributed by atoms with Crippen LogP contribution in [0.15, 0.2) is 24.3 Å². The van der Waals surface area contributed by atoms with Gasteiger partial charge in [-0.1, -0.05) is 12.1 Å². The average molecular weight is 289 g/mol. The largest absolute Gasteiger partial charge is 0.378 e. The number of hydroxylamine groups is 2. The first kappa shape index (κ1) is 14.0. The highest BCUT2D eigenvalue weighted by Gasteiger charge is 2.57. The van der Waals surface area contributed by atoms with Gasteiger partial charge in [0.25, 0.3) is 5.91 Å². The van der Waals surface area contributed by atoms with Crippen molar-refractivity contribution in [2.45, 2.75) is 12.1 Å². The first-order valence-electron chi connectivity index (χ1n) is 6.90. The number of carbonyl (C=O) groups is 2. The molecule has 0 aliphatic carbocycles. The summed E-state index contributed by atoms with van der Waals surface area (Å²) in [7, 11) is 7.23. The normalized spacial score (nSPS) is 29.1. The minimum Gasteiger partial charge on any atom is -0.378 e. The number of benzene rings is 1. The molecule has 0 radical (unpaired) electrons. The Balaban J connectivity index is 1.94. The molecule has 2 aliphatic heterocycles. The Labute approximate surface area is 123 Å². The summed E-state index contributed by atoms with van der Waals surface area (Å²) in [6.07, 6.45) is -0.689. The number of anilines is 1. The second-order valence-corrected chi connectivity index (χ2v) is 5.76. The van der Waals surface area contributed by atoms with E-state index in [1.165, 1.54) is 11.9 Å². The van der Waals surface area contributed by atoms with Crippen molar-refractivity contribution in [3.8, 4) is 0 Å². The highest BCUT2D eigenvalue weighted by Crippen LogP contribution is 2.43. The number of hydrogen-bond acceptors (Lipinski definition) is 5. The summed E-state index contributed by atoms with van der Waals surface area (Å²) < 4.78 is 0. The van der Waals surface area contributed by atoms with Crippen LogP contribution in [0.25, 0.3) is 0 Å². The Morgan fingerprint density at radius 3 is 2.24 bits per heavy atom. The summed E-state index contributed by atoms with van der Waals surface area (Å²) in [6.45, 7) is 0. The Hall–Kier alpha value is -1.92. The van der Waals surface area contributed by atoms with Gasteiger partial charge in [-0.3, -0.25) is 19.3 Å². The van der Waals surface area contributed by atoms with E-state index >= 15 is 0 Å². The summed E-state index contributed by atoms with van der Waals surface area (Å²) in [6, 6.07) is 7.74. The Morgan fingerprint density at radius 2 is 1.67 bits per heavy atom. The highest BCUT2D eigenvalue weighted by atomic mass is 16.7. The maximum Gasteiger partial charge on any atom is 0.261 e. The molecule has 3 rings (SSSR count). The van der Waals surface area contributed by atoms with E-state index in [1.54, 1.807) is 12.1 Å². The lowest BCUT2D eigenvalue weighted by Gasteiger charge is -2.23. The zero-order chi connectivity index (χ0) is 15.3. The molecule has 2 heterocycles. The van der Waals surface area contributed by atoms with Crippen molar-refractivity contribution >= 4 is 17.5 Å². The summed E-state index contributed by atoms with van der Waals surface area (Å²) in [5.41, 5.74) is 2.06. The molecular formula is C15H19N3O3. The van der Waals surface area contributed by atoms with Gasteiger partial charge in [-0.25, -0.2) is 0 Å². The van der Waals surface area contributed by atoms with E-state index in [1.807, 2.05) is 43.3 Å². The number of carbonyl (C=O) groups excluding carboxylic acids is 2. The predicted octanol–water partition coefficient (Wildman–Crippen LogP) is 0.654. The van der Waals surface area contributed by atoms with Gasteiger partial charge in [0.2, 0.25) is 5.91 Å². The predicted molar refractivity (Wildman–Crippen MR) is 77.4 cm³/mol. The van der Waals surface area contributed by atoms with Crippen LogP contribution in [-0.4, -0.2) is 56.1 Å². The lowest BCUT2D eigenvalue weighted by atomic mass is 9.91. The van der Waals surface area contributed by atoms with Crippen LogP contribution in [0.2, 0.25) is 0 Å². The van der Waals surface area contributed by atoms with Crippen molar-refractivity contribution in [3.63, 3.8) is 0 Å². The van der Waals surface area contributed by atoms with Crippen LogP contribution in [-0.2, 0) is 14.4 Å². The van der Waals surface area contributed by atoms with Gasteiger partial charge in [0.05, 0.1) is 12.0 Å². The molecule has 0 unspecified atom stereocenters. The molecule has 6 heteroatoms. The SMILES string of the molecule is CN1C(=O)[C@@H]2[C@@H](ON(C)[C@H]2c2ccc(N(C)C)cc2)C1=O. The van der Waals surface area contributed by atoms with Crippen LogP contribution in [0.1, 0.15) is 11.6 Å². The molecule has 112 valence electrons. The van der Waals surface area contributed by atoms with Gasteiger partial charge >= 0.3 is 0 Å². The number of fused-ring (bicyclic) bond motifs is 1. The molecular weight excluding hydrogens is 270 g/mol. The lowest BCUT2D eigenvalue weighted by Crippen LogP contribution is -2.33. The van der Waals surface area contributed by atoms with Crippen LogP contribution >= 0.6 is 0 Å². The number of rotatable bonds is 2. The molecule has 0 aromatic heterocycles. The van der Waals surface area contributed by atoms with E-state index in [9.17, 15) is 9.59 Å². The average Bonchev–Trinajstić information content (AvgIpc) is 2.90. The number of imide groups is 1. The van der Waals surface area contributed by atoms with E-state index in [2.05, 4.69) is 0 Å². The molecule has 2 aliphatic rings. The topological polar surface area (TPSA) is 53.1 Å². The van der Waals surface area contributed by atoms with Gasteiger partial charge in [0.1, 0.15) is 0 Å². The van der Waals surface area contributed by atoms with E-state index in [-0.39, 0.29) is 17.9 Å². The molecule has 2 fully saturated rings. The molecule has 0 saturated carbocycles. The fraction of sp³-hybridized carbons (Fsp3) is 0.467. The minimum atomic E-state index is -0.689. The standard InChI is InChI=1S/C15H19N3O3/c1-16(2)10-7-5-9(6-8-10)12-11-13(21-18(12)4)15(20)17(3)14(11)19/h5-8,11-13H,1-4H3/t11-,12-,13+/m0/s1. The third kappa shape index (κ3) is 2.02. The van der Waals surface area contributed by atoms with Crippen molar-refractivity contribution in [1.29, 1.82) is 0 Å². The Morgan fingerprint density at radius 1 is 1.05 bits per heavy atom. The van der Waals surface area contributed by atoms with Crippen LogP contribution in [0.4, 0.5) is 5.69 Å². The first-order valence-corrected chi connectivity index (χ1v) is 6.90. The smallest absolute Gasteiger partial charge is 0.261 e. The van der Waals surface area contributed by atoms with Crippen molar-refractivity contribution in [2.75, 3.05) is 33.1 Å². The number of amides is 2. The minimum absolute atomic E-state index is 0.170. The zero-order valence-electron chi connectivity index (χ0n) is 12.6. The summed E-state index contributed by atoms with van der Waals surface area (Å²) in [4.78, 5) is 33.1. The van der Waals surface area contributed by atoms with E-state index in [0.29, 0.717) is 0 Å². The third-order valence-corrected chi connectivity index (χ3v) is 4.28. The molecule has 1 aromatic rings. The lowest BCUT2D eigenvalue weighted by molar-refractivity contribution is -0.168. The molecule has 2 saturated heterocycles. The molecule has 6 nitrogen and oxygen atoms in total. The fourth-order valence-corrected chi connectivity index (χ4v) is 3.08. The van der Waals surface area contributed by atoms with Gasteiger partial charge in [0, 0.05) is 33.9 Å². The number of nitrogens with zero attached hydrogens (tertiary/aromatic N) is 3. The third-order valence-electron chi connectivity index (χ3n) is 4.28. The van der Waals surface area contributed by atoms with Gasteiger partial charge in [0.15, 0.2) is 6.10 Å². The first-order chi connectivity index (χ1) is 9.91. The number of hydrogen-bond donors (Lipinski definition) is 0. The molecule has 0 bridgehead atoms. The van der Waals surface area contributed by atoms with Crippen molar-refractivity contribution in [3.05, 3.63) is 29.8 Å². The monoisotopic (exact) mass is 289 g/mol. The fourth-order valence-electron chi connectivity index (χ4n) is 3.08. The summed E-state index contributed by atoms with van der Waals surface area (Å²) >= 11 is 0. The van der Waals surface area contributed by atoms with Gasteiger partial charge in [-0.05, 0) is 17.7 Å². The van der Waals surface area contributed by atoms with Gasteiger partial charge in [-0.15, -0.1) is 0 Å². The van der Waals surface area contributed by atoms with Crippen molar-refractivity contribution in [2.24, 2.45) is 5.92 Å². The second kappa shape index (κ2) is 4.82. The molecule has 2 amide bonds. The number of likely N-dealkylation sites (N-methyl/N-ethyl adjacent to an activating group) is 1. The van der Waals surface area contributed by atoms with Crippen LogP contribution in [0.5, 0.6) is 0 Å². The van der Waals surface area contributed by atoms with E-state index in [0.717, 1.165) is 11.3 Å². The highest BCUT2D eigenvalue weighted by molar-refractivity contribution is 6.07. The van der Waals surface area contributed by atoms with Crippen LogP contribution < -0.4 is 4.90 Å². The molecule has 21 heavy (non-hydrogen) atoms. The molecule has 3 atom stereocenters. The van der Waals surface area contributed by atoms with Gasteiger partial charge in [-0.2, -0.15) is 5.06 Å². The quantitative estimate of drug-likeness (QED) is 0.748. The Bertz CT molecular complexity index is 584. The van der Waals surface area contributed by atoms with E-state index in [4.69, 9.17) is 4.84 Å². The van der Waals surface area contributed by atoms with Crippen molar-refractivity contribution in [1.82, 2.24) is 9.96 Å². The van der Waals surface area contributed by atoms with Gasteiger partial charge < -0.3 is 4.90 Å².